The maximum absolute atomic E-state index is 12.0. The molecular formula is C10H7Br2NOS. The molecule has 0 N–H and O–H groups in total. The second kappa shape index (κ2) is 4.63. The number of hydrogen-bond donors (Lipinski definition) is 0. The molecule has 1 atom stereocenters. The Morgan fingerprint density at radius 3 is 2.07 bits per heavy atom. The molecule has 0 radical (unpaired) electrons. The zero-order chi connectivity index (χ0) is 10.8. The highest BCUT2D eigenvalue weighted by molar-refractivity contribution is 9.13. The lowest BCUT2D eigenvalue weighted by molar-refractivity contribution is 0.677. The van der Waals surface area contributed by atoms with Crippen molar-refractivity contribution >= 4 is 42.8 Å². The Balaban J connectivity index is 2.37. The molecule has 1 heterocycles. The van der Waals surface area contributed by atoms with Crippen LogP contribution in [0, 0.1) is 0 Å². The molecule has 0 fully saturated rings. The van der Waals surface area contributed by atoms with Crippen molar-refractivity contribution < 1.29 is 4.21 Å². The van der Waals surface area contributed by atoms with Gasteiger partial charge in [0.25, 0.3) is 0 Å². The van der Waals surface area contributed by atoms with Crippen LogP contribution in [0.15, 0.2) is 56.6 Å². The first-order valence-corrected chi connectivity index (χ1v) is 6.88. The number of nitrogens with zero attached hydrogens (tertiary/aromatic N) is 1. The molecule has 0 spiro atoms. The van der Waals surface area contributed by atoms with E-state index in [1.165, 1.54) is 0 Å². The van der Waals surface area contributed by atoms with E-state index in [9.17, 15) is 4.21 Å². The second-order valence-corrected chi connectivity index (χ2v) is 5.98. The molecule has 1 aromatic carbocycles. The van der Waals surface area contributed by atoms with Gasteiger partial charge < -0.3 is 0 Å². The predicted molar refractivity (Wildman–Crippen MR) is 68.1 cm³/mol. The van der Waals surface area contributed by atoms with Gasteiger partial charge in [0.2, 0.25) is 0 Å². The van der Waals surface area contributed by atoms with Crippen molar-refractivity contribution in [2.45, 2.75) is 4.90 Å². The van der Waals surface area contributed by atoms with Crippen LogP contribution in [0.3, 0.4) is 0 Å². The highest BCUT2D eigenvalue weighted by Crippen LogP contribution is 2.25. The van der Waals surface area contributed by atoms with E-state index in [4.69, 9.17) is 0 Å². The molecule has 1 unspecified atom stereocenters. The van der Waals surface area contributed by atoms with Crippen LogP contribution in [0.4, 0.5) is 0 Å². The summed E-state index contributed by atoms with van der Waals surface area (Å²) < 4.78 is 15.5. The summed E-state index contributed by atoms with van der Waals surface area (Å²) in [6.07, 6.45) is 3.57. The summed E-state index contributed by atoms with van der Waals surface area (Å²) in [6, 6.07) is 9.35. The topological polar surface area (TPSA) is 22.0 Å². The van der Waals surface area contributed by atoms with Gasteiger partial charge in [0.1, 0.15) is 0 Å². The minimum atomic E-state index is -1.18. The summed E-state index contributed by atoms with van der Waals surface area (Å²) in [7, 11) is -1.18. The molecule has 0 bridgehead atoms. The van der Waals surface area contributed by atoms with E-state index in [2.05, 4.69) is 31.9 Å². The molecule has 2 aromatic rings. The molecule has 2 rings (SSSR count). The van der Waals surface area contributed by atoms with E-state index < -0.39 is 11.0 Å². The summed E-state index contributed by atoms with van der Waals surface area (Å²) >= 11 is 6.71. The van der Waals surface area contributed by atoms with Crippen LogP contribution in [0.25, 0.3) is 0 Å². The first-order chi connectivity index (χ1) is 7.18. The van der Waals surface area contributed by atoms with Crippen molar-refractivity contribution in [3.8, 4) is 0 Å². The number of halogens is 2. The fraction of sp³-hybridized carbons (Fsp3) is 0. The first-order valence-electron chi connectivity index (χ1n) is 4.19. The quantitative estimate of drug-likeness (QED) is 0.813. The van der Waals surface area contributed by atoms with Gasteiger partial charge in [-0.15, -0.1) is 0 Å². The van der Waals surface area contributed by atoms with Gasteiger partial charge in [-0.05, 0) is 44.0 Å². The van der Waals surface area contributed by atoms with Gasteiger partial charge >= 0.3 is 0 Å². The Hall–Kier alpha value is -0.390. The van der Waals surface area contributed by atoms with Gasteiger partial charge in [0.15, 0.2) is 11.0 Å². The molecule has 1 aromatic heterocycles. The molecule has 0 aliphatic carbocycles. The van der Waals surface area contributed by atoms with Gasteiger partial charge in [-0.25, -0.2) is 4.21 Å². The Labute approximate surface area is 107 Å². The molecular weight excluding hydrogens is 342 g/mol. The van der Waals surface area contributed by atoms with Crippen LogP contribution < -0.4 is 0 Å². The summed E-state index contributed by atoms with van der Waals surface area (Å²) in [5.74, 6) is 0. The first kappa shape index (κ1) is 11.1. The Morgan fingerprint density at radius 2 is 1.53 bits per heavy atom. The highest BCUT2D eigenvalue weighted by Gasteiger charge is 2.08. The van der Waals surface area contributed by atoms with Gasteiger partial charge in [-0.3, -0.25) is 3.97 Å². The van der Waals surface area contributed by atoms with Crippen LogP contribution in [0.2, 0.25) is 0 Å². The molecule has 0 aliphatic rings. The number of aromatic nitrogens is 1. The van der Waals surface area contributed by atoms with E-state index in [1.807, 2.05) is 30.3 Å². The largest absolute Gasteiger partial charge is 0.268 e. The fourth-order valence-corrected chi connectivity index (χ4v) is 3.09. The maximum atomic E-state index is 12.0. The zero-order valence-electron chi connectivity index (χ0n) is 7.56. The SMILES string of the molecule is O=S(c1ccccc1)n1cc(Br)c(Br)c1. The van der Waals surface area contributed by atoms with Crippen LogP contribution in [0.5, 0.6) is 0 Å². The molecule has 15 heavy (non-hydrogen) atoms. The number of hydrogen-bond acceptors (Lipinski definition) is 1. The third kappa shape index (κ3) is 2.41. The third-order valence-corrected chi connectivity index (χ3v) is 4.91. The third-order valence-electron chi connectivity index (χ3n) is 1.85. The van der Waals surface area contributed by atoms with Crippen molar-refractivity contribution in [3.05, 3.63) is 51.7 Å². The average Bonchev–Trinajstić information content (AvgIpc) is 2.59. The van der Waals surface area contributed by atoms with Crippen LogP contribution in [-0.4, -0.2) is 8.18 Å². The van der Waals surface area contributed by atoms with Gasteiger partial charge in [-0.1, -0.05) is 18.2 Å². The lowest BCUT2D eigenvalue weighted by Gasteiger charge is -2.01. The lowest BCUT2D eigenvalue weighted by Crippen LogP contribution is -2.01. The van der Waals surface area contributed by atoms with Crippen molar-refractivity contribution in [2.24, 2.45) is 0 Å². The molecule has 0 saturated heterocycles. The average molecular weight is 349 g/mol. The number of benzene rings is 1. The summed E-state index contributed by atoms with van der Waals surface area (Å²) in [5.41, 5.74) is 0. The molecule has 0 amide bonds. The van der Waals surface area contributed by atoms with Crippen molar-refractivity contribution in [1.82, 2.24) is 3.97 Å². The van der Waals surface area contributed by atoms with E-state index in [0.29, 0.717) is 0 Å². The smallest absolute Gasteiger partial charge is 0.156 e. The van der Waals surface area contributed by atoms with E-state index in [0.717, 1.165) is 13.8 Å². The molecule has 0 aliphatic heterocycles. The summed E-state index contributed by atoms with van der Waals surface area (Å²) in [6.45, 7) is 0. The van der Waals surface area contributed by atoms with E-state index >= 15 is 0 Å². The molecule has 78 valence electrons. The Kier molecular flexibility index (Phi) is 3.43. The fourth-order valence-electron chi connectivity index (χ4n) is 1.14. The minimum absolute atomic E-state index is 0.785. The van der Waals surface area contributed by atoms with E-state index in [1.54, 1.807) is 16.4 Å². The summed E-state index contributed by atoms with van der Waals surface area (Å²) in [4.78, 5) is 0.785. The second-order valence-electron chi connectivity index (χ2n) is 2.88. The lowest BCUT2D eigenvalue weighted by atomic mass is 10.4. The zero-order valence-corrected chi connectivity index (χ0v) is 11.5. The van der Waals surface area contributed by atoms with Crippen molar-refractivity contribution in [1.29, 1.82) is 0 Å². The van der Waals surface area contributed by atoms with Gasteiger partial charge in [0.05, 0.1) is 13.8 Å². The van der Waals surface area contributed by atoms with Crippen LogP contribution >= 0.6 is 31.9 Å². The Morgan fingerprint density at radius 1 is 1.00 bits per heavy atom. The molecule has 5 heteroatoms. The van der Waals surface area contributed by atoms with Gasteiger partial charge in [-0.2, -0.15) is 0 Å². The van der Waals surface area contributed by atoms with Crippen molar-refractivity contribution in [2.75, 3.05) is 0 Å². The normalized spacial score (nSPS) is 12.7. The van der Waals surface area contributed by atoms with E-state index in [-0.39, 0.29) is 0 Å². The van der Waals surface area contributed by atoms with Crippen LogP contribution in [0.1, 0.15) is 0 Å². The standard InChI is InChI=1S/C10H7Br2NOS/c11-9-6-13(7-10(9)12)15(14)8-4-2-1-3-5-8/h1-7H. The Bertz CT molecular complexity index is 476. The molecule has 2 nitrogen and oxygen atoms in total. The highest BCUT2D eigenvalue weighted by atomic mass is 79.9. The summed E-state index contributed by atoms with van der Waals surface area (Å²) in [5, 5.41) is 0. The minimum Gasteiger partial charge on any atom is -0.268 e. The molecule has 0 saturated carbocycles. The van der Waals surface area contributed by atoms with Crippen LogP contribution in [-0.2, 0) is 11.0 Å². The maximum Gasteiger partial charge on any atom is 0.156 e. The van der Waals surface area contributed by atoms with Crippen molar-refractivity contribution in [3.63, 3.8) is 0 Å². The monoisotopic (exact) mass is 347 g/mol. The number of rotatable bonds is 2. The predicted octanol–water partition coefficient (Wildman–Crippen LogP) is 3.58. The van der Waals surface area contributed by atoms with Gasteiger partial charge in [0, 0.05) is 12.4 Å².